The van der Waals surface area contributed by atoms with Crippen molar-refractivity contribution in [1.29, 1.82) is 0 Å². The third-order valence-corrected chi connectivity index (χ3v) is 5.55. The van der Waals surface area contributed by atoms with Crippen LogP contribution in [0.4, 0.5) is 0 Å². The third kappa shape index (κ3) is 4.76. The van der Waals surface area contributed by atoms with Crippen LogP contribution in [-0.4, -0.2) is 7.11 Å². The Balaban J connectivity index is 2.32. The molecular weight excluding hydrogens is 526 g/mol. The van der Waals surface area contributed by atoms with E-state index in [-0.39, 0.29) is 6.04 Å². The van der Waals surface area contributed by atoms with E-state index >= 15 is 0 Å². The lowest BCUT2D eigenvalue weighted by molar-refractivity contribution is -0.0183. The molecule has 0 saturated carbocycles. The van der Waals surface area contributed by atoms with E-state index in [1.807, 2.05) is 0 Å². The van der Waals surface area contributed by atoms with Crippen molar-refractivity contribution in [2.45, 2.75) is 38.5 Å². The van der Waals surface area contributed by atoms with Gasteiger partial charge in [0.1, 0.15) is 0 Å². The zero-order chi connectivity index (χ0) is 17.6. The summed E-state index contributed by atoms with van der Waals surface area (Å²) < 4.78 is 8.22. The zero-order valence-corrected chi connectivity index (χ0v) is 18.5. The number of rotatable bonds is 7. The predicted molar refractivity (Wildman–Crippen MR) is 115 cm³/mol. The number of benzene rings is 2. The molecule has 0 radical (unpaired) electrons. The number of nitrogens with zero attached hydrogens (tertiary/aromatic N) is 2. The molecule has 0 amide bonds. The molecule has 0 aliphatic rings. The number of hydrogen-bond donors (Lipinski definition) is 0. The smallest absolute Gasteiger partial charge is 0.204 e. The predicted octanol–water partition coefficient (Wildman–Crippen LogP) is 6.71. The summed E-state index contributed by atoms with van der Waals surface area (Å²) in [6, 6.07) is 16.8. The number of methoxy groups -OCH3 is 1. The molecule has 2 atom stereocenters. The fourth-order valence-electron chi connectivity index (χ4n) is 2.58. The lowest BCUT2D eigenvalue weighted by Gasteiger charge is -2.27. The van der Waals surface area contributed by atoms with Crippen LogP contribution in [-0.2, 0) is 10.5 Å². The highest BCUT2D eigenvalue weighted by Crippen LogP contribution is 2.33. The minimum absolute atomic E-state index is 0.0481. The van der Waals surface area contributed by atoms with Crippen molar-refractivity contribution in [2.24, 2.45) is 10.2 Å². The average molecular weight is 548 g/mol. The van der Waals surface area contributed by atoms with E-state index in [1.165, 1.54) is 12.7 Å². The van der Waals surface area contributed by atoms with Crippen LogP contribution in [0.15, 0.2) is 58.8 Å². The van der Waals surface area contributed by atoms with Crippen LogP contribution in [0.5, 0.6) is 0 Å². The molecule has 2 unspecified atom stereocenters. The van der Waals surface area contributed by atoms with E-state index in [2.05, 4.69) is 118 Å². The molecule has 3 nitrogen and oxygen atoms in total. The summed E-state index contributed by atoms with van der Waals surface area (Å²) in [6.45, 7) is 4.21. The van der Waals surface area contributed by atoms with Gasteiger partial charge >= 0.3 is 0 Å². The van der Waals surface area contributed by atoms with Crippen molar-refractivity contribution in [3.63, 3.8) is 0 Å². The highest BCUT2D eigenvalue weighted by Gasteiger charge is 2.30. The fraction of sp³-hybridized carbons (Fsp3) is 0.368. The Hall–Kier alpha value is -0.540. The van der Waals surface area contributed by atoms with Gasteiger partial charge in [0.05, 0.1) is 6.04 Å². The van der Waals surface area contributed by atoms with E-state index in [4.69, 9.17) is 4.74 Å². The first-order valence-corrected chi connectivity index (χ1v) is 10.2. The molecule has 0 aliphatic carbocycles. The van der Waals surface area contributed by atoms with Crippen molar-refractivity contribution in [3.8, 4) is 0 Å². The average Bonchev–Trinajstić information content (AvgIpc) is 2.61. The van der Waals surface area contributed by atoms with Crippen molar-refractivity contribution in [1.82, 2.24) is 0 Å². The highest BCUT2D eigenvalue weighted by atomic mass is 127. The van der Waals surface area contributed by atoms with Gasteiger partial charge < -0.3 is 4.74 Å². The monoisotopic (exact) mass is 548 g/mol. The minimum Gasteiger partial charge on any atom is -0.352 e. The number of azo groups is 1. The van der Waals surface area contributed by atoms with E-state index in [0.29, 0.717) is 0 Å². The van der Waals surface area contributed by atoms with Gasteiger partial charge in [-0.25, -0.2) is 0 Å². The van der Waals surface area contributed by atoms with Gasteiger partial charge in [-0.05, 0) is 81.4 Å². The summed E-state index contributed by atoms with van der Waals surface area (Å²) in [7, 11) is 1.70. The second-order valence-corrected chi connectivity index (χ2v) is 8.03. The minimum atomic E-state index is -0.721. The molecule has 5 heteroatoms. The first-order valence-electron chi connectivity index (χ1n) is 8.03. The number of halogens is 2. The Morgan fingerprint density at radius 1 is 0.958 bits per heavy atom. The number of hydrogen-bond acceptors (Lipinski definition) is 3. The molecule has 0 heterocycles. The van der Waals surface area contributed by atoms with Crippen molar-refractivity contribution in [2.75, 3.05) is 7.11 Å². The molecule has 128 valence electrons. The summed E-state index contributed by atoms with van der Waals surface area (Å²) >= 11 is 4.62. The Morgan fingerprint density at radius 2 is 1.50 bits per heavy atom. The molecule has 2 aromatic rings. The van der Waals surface area contributed by atoms with Gasteiger partial charge in [-0.15, -0.1) is 0 Å². The normalized spacial score (nSPS) is 15.4. The van der Waals surface area contributed by atoms with Crippen LogP contribution in [0.1, 0.15) is 43.9 Å². The molecule has 0 N–H and O–H groups in total. The Kier molecular flexibility index (Phi) is 7.61. The Labute approximate surface area is 171 Å². The fourth-order valence-corrected chi connectivity index (χ4v) is 3.30. The first kappa shape index (κ1) is 19.8. The molecule has 2 aromatic carbocycles. The molecule has 0 saturated heterocycles. The second-order valence-electron chi connectivity index (χ2n) is 5.54. The van der Waals surface area contributed by atoms with Crippen molar-refractivity contribution < 1.29 is 4.74 Å². The van der Waals surface area contributed by atoms with Crippen LogP contribution in [0.3, 0.4) is 0 Å². The first-order chi connectivity index (χ1) is 11.5. The van der Waals surface area contributed by atoms with E-state index < -0.39 is 5.72 Å². The summed E-state index contributed by atoms with van der Waals surface area (Å²) in [5, 5.41) is 9.31. The SMILES string of the molecule is CCC(N=NC(CC)(OC)c1ccc(I)cc1)c1ccc(I)cc1. The van der Waals surface area contributed by atoms with Gasteiger partial charge in [-0.2, -0.15) is 10.2 Å². The van der Waals surface area contributed by atoms with Crippen LogP contribution in [0.25, 0.3) is 0 Å². The van der Waals surface area contributed by atoms with Gasteiger partial charge in [0, 0.05) is 26.2 Å². The summed E-state index contributed by atoms with van der Waals surface area (Å²) in [5.41, 5.74) is 1.50. The molecule has 0 aliphatic heterocycles. The molecule has 24 heavy (non-hydrogen) atoms. The maximum atomic E-state index is 5.80. The molecule has 0 fully saturated rings. The Morgan fingerprint density at radius 3 is 1.96 bits per heavy atom. The van der Waals surface area contributed by atoms with Gasteiger partial charge in [-0.1, -0.05) is 38.1 Å². The van der Waals surface area contributed by atoms with E-state index in [9.17, 15) is 0 Å². The summed E-state index contributed by atoms with van der Waals surface area (Å²) in [6.07, 6.45) is 1.64. The molecule has 2 rings (SSSR count). The molecule has 0 spiro atoms. The van der Waals surface area contributed by atoms with Gasteiger partial charge in [0.2, 0.25) is 5.72 Å². The lowest BCUT2D eigenvalue weighted by Crippen LogP contribution is -2.25. The van der Waals surface area contributed by atoms with Gasteiger partial charge in [-0.3, -0.25) is 0 Å². The highest BCUT2D eigenvalue weighted by molar-refractivity contribution is 14.1. The number of ether oxygens (including phenoxy) is 1. The Bertz CT molecular complexity index is 665. The topological polar surface area (TPSA) is 34.0 Å². The second kappa shape index (κ2) is 9.24. The molecule has 0 aromatic heterocycles. The van der Waals surface area contributed by atoms with Crippen LogP contribution < -0.4 is 0 Å². The van der Waals surface area contributed by atoms with Gasteiger partial charge in [0.25, 0.3) is 0 Å². The lowest BCUT2D eigenvalue weighted by atomic mass is 10.0. The quantitative estimate of drug-likeness (QED) is 0.280. The maximum absolute atomic E-state index is 5.80. The van der Waals surface area contributed by atoms with Crippen LogP contribution in [0.2, 0.25) is 0 Å². The largest absolute Gasteiger partial charge is 0.352 e. The molecular formula is C19H22I2N2O. The third-order valence-electron chi connectivity index (χ3n) is 4.11. The van der Waals surface area contributed by atoms with E-state index in [1.54, 1.807) is 7.11 Å². The summed E-state index contributed by atoms with van der Waals surface area (Å²) in [5.74, 6) is 0. The van der Waals surface area contributed by atoms with Gasteiger partial charge in [0.15, 0.2) is 0 Å². The van der Waals surface area contributed by atoms with Crippen LogP contribution >= 0.6 is 45.2 Å². The zero-order valence-electron chi connectivity index (χ0n) is 14.2. The van der Waals surface area contributed by atoms with Crippen LogP contribution in [0, 0.1) is 7.14 Å². The molecule has 0 bridgehead atoms. The van der Waals surface area contributed by atoms with Crippen molar-refractivity contribution >= 4 is 45.2 Å². The van der Waals surface area contributed by atoms with E-state index in [0.717, 1.165) is 18.4 Å². The maximum Gasteiger partial charge on any atom is 0.204 e. The van der Waals surface area contributed by atoms with Crippen molar-refractivity contribution in [3.05, 3.63) is 66.8 Å². The summed E-state index contributed by atoms with van der Waals surface area (Å²) in [4.78, 5) is 0. The standard InChI is InChI=1S/C19H22I2N2O/c1-4-18(14-6-10-16(20)11-7-14)22-23-19(5-2,24-3)15-8-12-17(21)13-9-15/h6-13,18H,4-5H2,1-3H3.